The first kappa shape index (κ1) is 18.4. The van der Waals surface area contributed by atoms with Gasteiger partial charge in [0.2, 0.25) is 5.09 Å². The number of hydrogen-bond acceptors (Lipinski definition) is 6. The van der Waals surface area contributed by atoms with Gasteiger partial charge in [0.05, 0.1) is 26.0 Å². The Morgan fingerprint density at radius 1 is 1.19 bits per heavy atom. The third kappa shape index (κ3) is 3.74. The van der Waals surface area contributed by atoms with E-state index in [-0.39, 0.29) is 23.9 Å². The molecule has 140 valence electrons. The van der Waals surface area contributed by atoms with E-state index in [0.29, 0.717) is 24.7 Å². The van der Waals surface area contributed by atoms with Crippen molar-refractivity contribution in [1.29, 1.82) is 0 Å². The predicted octanol–water partition coefficient (Wildman–Crippen LogP) is 1.87. The van der Waals surface area contributed by atoms with Crippen LogP contribution in [-0.2, 0) is 14.8 Å². The number of amides is 1. The summed E-state index contributed by atoms with van der Waals surface area (Å²) in [5.74, 6) is -0.158. The number of hydrogen-bond donors (Lipinski definition) is 1. The van der Waals surface area contributed by atoms with Crippen molar-refractivity contribution in [3.8, 4) is 5.75 Å². The molecule has 1 amide bonds. The highest BCUT2D eigenvalue weighted by atomic mass is 32.2. The van der Waals surface area contributed by atoms with Crippen LogP contribution in [0.15, 0.2) is 39.8 Å². The minimum Gasteiger partial charge on any atom is -0.495 e. The van der Waals surface area contributed by atoms with Gasteiger partial charge in [-0.25, -0.2) is 8.42 Å². The highest BCUT2D eigenvalue weighted by Crippen LogP contribution is 2.26. The normalized spacial score (nSPS) is 15.6. The Bertz CT molecular complexity index is 900. The number of rotatable bonds is 5. The number of morpholine rings is 1. The van der Waals surface area contributed by atoms with Gasteiger partial charge in [-0.15, -0.1) is 0 Å². The van der Waals surface area contributed by atoms with Crippen molar-refractivity contribution in [2.75, 3.05) is 38.7 Å². The number of benzene rings is 1. The van der Waals surface area contributed by atoms with Crippen LogP contribution in [0.5, 0.6) is 5.75 Å². The van der Waals surface area contributed by atoms with Gasteiger partial charge >= 0.3 is 0 Å². The second-order valence-corrected chi connectivity index (χ2v) is 7.66. The van der Waals surface area contributed by atoms with Crippen molar-refractivity contribution < 1.29 is 27.1 Å². The van der Waals surface area contributed by atoms with Crippen molar-refractivity contribution >= 4 is 21.6 Å². The van der Waals surface area contributed by atoms with Crippen molar-refractivity contribution in [2.24, 2.45) is 0 Å². The van der Waals surface area contributed by atoms with Gasteiger partial charge in [-0.3, -0.25) is 4.79 Å². The number of anilines is 1. The Hall–Kier alpha value is -2.36. The molecule has 26 heavy (non-hydrogen) atoms. The molecule has 0 radical (unpaired) electrons. The average molecular weight is 380 g/mol. The Balaban J connectivity index is 1.79. The van der Waals surface area contributed by atoms with Gasteiger partial charge in [-0.2, -0.15) is 4.31 Å². The molecule has 3 rings (SSSR count). The Morgan fingerprint density at radius 2 is 1.92 bits per heavy atom. The second-order valence-electron chi connectivity index (χ2n) is 5.79. The third-order valence-corrected chi connectivity index (χ3v) is 5.75. The lowest BCUT2D eigenvalue weighted by Crippen LogP contribution is -2.40. The molecule has 0 saturated carbocycles. The molecule has 2 heterocycles. The number of carbonyl (C=O) groups is 1. The van der Waals surface area contributed by atoms with Gasteiger partial charge in [0, 0.05) is 13.1 Å². The summed E-state index contributed by atoms with van der Waals surface area (Å²) in [7, 11) is -2.28. The smallest absolute Gasteiger partial charge is 0.291 e. The lowest BCUT2D eigenvalue weighted by molar-refractivity contribution is 0.0723. The Kier molecular flexibility index (Phi) is 5.30. The number of sulfonamides is 1. The lowest BCUT2D eigenvalue weighted by atomic mass is 10.2. The van der Waals surface area contributed by atoms with E-state index in [1.807, 2.05) is 13.0 Å². The van der Waals surface area contributed by atoms with E-state index in [1.54, 1.807) is 12.1 Å². The molecule has 1 aromatic heterocycles. The number of nitrogens with zero attached hydrogens (tertiary/aromatic N) is 1. The van der Waals surface area contributed by atoms with Crippen LogP contribution in [0.2, 0.25) is 0 Å². The summed E-state index contributed by atoms with van der Waals surface area (Å²) in [6, 6.07) is 7.97. The van der Waals surface area contributed by atoms with E-state index in [9.17, 15) is 13.2 Å². The van der Waals surface area contributed by atoms with Crippen LogP contribution in [0.1, 0.15) is 16.1 Å². The molecule has 0 unspecified atom stereocenters. The predicted molar refractivity (Wildman–Crippen MR) is 94.0 cm³/mol. The van der Waals surface area contributed by atoms with Gasteiger partial charge in [0.1, 0.15) is 5.75 Å². The highest BCUT2D eigenvalue weighted by molar-refractivity contribution is 7.89. The molecule has 8 nitrogen and oxygen atoms in total. The molecule has 1 fully saturated rings. The van der Waals surface area contributed by atoms with Gasteiger partial charge in [-0.1, -0.05) is 6.07 Å². The fraction of sp³-hybridized carbons (Fsp3) is 0.353. The first-order valence-electron chi connectivity index (χ1n) is 8.05. The van der Waals surface area contributed by atoms with E-state index >= 15 is 0 Å². The van der Waals surface area contributed by atoms with Crippen LogP contribution in [-0.4, -0.2) is 52.0 Å². The topological polar surface area (TPSA) is 98.1 Å². The molecule has 0 aliphatic carbocycles. The molecular weight excluding hydrogens is 360 g/mol. The van der Waals surface area contributed by atoms with E-state index in [1.165, 1.54) is 23.5 Å². The van der Waals surface area contributed by atoms with Crippen LogP contribution in [0.4, 0.5) is 5.69 Å². The lowest BCUT2D eigenvalue weighted by Gasteiger charge is -2.24. The number of methoxy groups -OCH3 is 1. The molecular formula is C17H20N2O6S. The van der Waals surface area contributed by atoms with Crippen LogP contribution < -0.4 is 10.1 Å². The Morgan fingerprint density at radius 3 is 2.62 bits per heavy atom. The number of furan rings is 1. The molecule has 0 spiro atoms. The molecule has 0 bridgehead atoms. The van der Waals surface area contributed by atoms with E-state index in [0.717, 1.165) is 5.56 Å². The largest absolute Gasteiger partial charge is 0.495 e. The van der Waals surface area contributed by atoms with Gasteiger partial charge in [0.15, 0.2) is 5.76 Å². The van der Waals surface area contributed by atoms with E-state index in [4.69, 9.17) is 13.9 Å². The van der Waals surface area contributed by atoms with Crippen molar-refractivity contribution in [2.45, 2.75) is 12.0 Å². The van der Waals surface area contributed by atoms with Crippen LogP contribution in [0.3, 0.4) is 0 Å². The zero-order valence-corrected chi connectivity index (χ0v) is 15.3. The molecule has 2 aromatic rings. The first-order valence-corrected chi connectivity index (χ1v) is 9.49. The number of aryl methyl sites for hydroxylation is 1. The molecule has 1 N–H and O–H groups in total. The monoisotopic (exact) mass is 380 g/mol. The molecule has 1 aromatic carbocycles. The number of nitrogens with one attached hydrogen (secondary N) is 1. The fourth-order valence-electron chi connectivity index (χ4n) is 2.60. The summed E-state index contributed by atoms with van der Waals surface area (Å²) in [5, 5.41) is 2.41. The maximum absolute atomic E-state index is 12.6. The molecule has 9 heteroatoms. The van der Waals surface area contributed by atoms with E-state index < -0.39 is 15.9 Å². The summed E-state index contributed by atoms with van der Waals surface area (Å²) in [5.41, 5.74) is 1.42. The fourth-order valence-corrected chi connectivity index (χ4v) is 3.92. The summed E-state index contributed by atoms with van der Waals surface area (Å²) in [6.07, 6.45) is 0. The zero-order chi connectivity index (χ0) is 18.7. The Labute approximate surface area is 151 Å². The molecule has 1 aliphatic heterocycles. The zero-order valence-electron chi connectivity index (χ0n) is 14.5. The molecule has 1 saturated heterocycles. The summed E-state index contributed by atoms with van der Waals surface area (Å²) in [6.45, 7) is 3.06. The highest BCUT2D eigenvalue weighted by Gasteiger charge is 2.30. The van der Waals surface area contributed by atoms with Gasteiger partial charge in [-0.05, 0) is 36.8 Å². The quantitative estimate of drug-likeness (QED) is 0.850. The van der Waals surface area contributed by atoms with Crippen LogP contribution >= 0.6 is 0 Å². The summed E-state index contributed by atoms with van der Waals surface area (Å²) < 4.78 is 42.1. The van der Waals surface area contributed by atoms with Crippen LogP contribution in [0, 0.1) is 6.92 Å². The summed E-state index contributed by atoms with van der Waals surface area (Å²) in [4.78, 5) is 12.4. The molecule has 0 atom stereocenters. The minimum absolute atomic E-state index is 0.0969. The van der Waals surface area contributed by atoms with Crippen LogP contribution in [0.25, 0.3) is 0 Å². The van der Waals surface area contributed by atoms with E-state index in [2.05, 4.69) is 5.32 Å². The van der Waals surface area contributed by atoms with Crippen molar-refractivity contribution in [3.05, 3.63) is 41.7 Å². The second kappa shape index (κ2) is 7.48. The third-order valence-electron chi connectivity index (χ3n) is 3.97. The van der Waals surface area contributed by atoms with Gasteiger partial charge in [0.25, 0.3) is 15.9 Å². The van der Waals surface area contributed by atoms with Gasteiger partial charge < -0.3 is 19.2 Å². The maximum Gasteiger partial charge on any atom is 0.291 e. The summed E-state index contributed by atoms with van der Waals surface area (Å²) >= 11 is 0. The number of ether oxygens (including phenoxy) is 2. The van der Waals surface area contributed by atoms with Crippen molar-refractivity contribution in [3.63, 3.8) is 0 Å². The number of carbonyl (C=O) groups excluding carboxylic acids is 1. The molecule has 1 aliphatic rings. The minimum atomic E-state index is -3.79. The standard InChI is InChI=1S/C17H20N2O6S/c1-12-3-4-14(23-2)13(11-12)18-17(20)15-5-6-16(25-15)26(21,22)19-7-9-24-10-8-19/h3-6,11H,7-10H2,1-2H3,(H,18,20). The SMILES string of the molecule is COc1ccc(C)cc1NC(=O)c1ccc(S(=O)(=O)N2CCOCC2)o1. The average Bonchev–Trinajstić information content (AvgIpc) is 3.14. The van der Waals surface area contributed by atoms with Crippen molar-refractivity contribution in [1.82, 2.24) is 4.31 Å². The maximum atomic E-state index is 12.6. The first-order chi connectivity index (χ1) is 12.4.